The summed E-state index contributed by atoms with van der Waals surface area (Å²) >= 11 is 0. The molecular weight excluding hydrogens is 206 g/mol. The number of hydrogen-bond donors (Lipinski definition) is 1. The summed E-state index contributed by atoms with van der Waals surface area (Å²) in [5, 5.41) is 11.1. The zero-order valence-corrected chi connectivity index (χ0v) is 9.09. The van der Waals surface area contributed by atoms with Crippen LogP contribution in [0, 0.1) is 0 Å². The van der Waals surface area contributed by atoms with Gasteiger partial charge in [-0.2, -0.15) is 0 Å². The van der Waals surface area contributed by atoms with Gasteiger partial charge in [-0.3, -0.25) is 4.79 Å². The predicted molar refractivity (Wildman–Crippen MR) is 56.5 cm³/mol. The minimum absolute atomic E-state index is 0.0227. The molecule has 3 rings (SSSR count). The van der Waals surface area contributed by atoms with Crippen molar-refractivity contribution in [1.29, 1.82) is 0 Å². The fraction of sp³-hybridized carbons (Fsp3) is 0.700. The number of rotatable bonds is 1. The SMILES string of the molecule is O=C(C1CCCN1)N1CCn2cnnc2C1. The molecule has 0 bridgehead atoms. The van der Waals surface area contributed by atoms with Crippen molar-refractivity contribution < 1.29 is 4.79 Å². The lowest BCUT2D eigenvalue weighted by Gasteiger charge is -2.29. The molecule has 1 unspecified atom stereocenters. The third-order valence-electron chi connectivity index (χ3n) is 3.31. The molecular formula is C10H15N5O. The molecule has 0 aliphatic carbocycles. The fourth-order valence-corrected chi connectivity index (χ4v) is 2.37. The summed E-state index contributed by atoms with van der Waals surface area (Å²) in [6, 6.07) is 0.0227. The zero-order chi connectivity index (χ0) is 11.0. The molecule has 1 amide bonds. The summed E-state index contributed by atoms with van der Waals surface area (Å²) in [7, 11) is 0. The summed E-state index contributed by atoms with van der Waals surface area (Å²) < 4.78 is 2.01. The molecule has 16 heavy (non-hydrogen) atoms. The Morgan fingerprint density at radius 3 is 3.25 bits per heavy atom. The molecule has 1 atom stereocenters. The molecule has 6 nitrogen and oxygen atoms in total. The number of nitrogens with zero attached hydrogens (tertiary/aromatic N) is 4. The van der Waals surface area contributed by atoms with Gasteiger partial charge < -0.3 is 14.8 Å². The van der Waals surface area contributed by atoms with Crippen LogP contribution in [0.1, 0.15) is 18.7 Å². The highest BCUT2D eigenvalue weighted by molar-refractivity contribution is 5.82. The van der Waals surface area contributed by atoms with Crippen LogP contribution in [-0.2, 0) is 17.9 Å². The molecule has 1 fully saturated rings. The maximum atomic E-state index is 12.1. The number of amides is 1. The van der Waals surface area contributed by atoms with E-state index in [1.165, 1.54) is 0 Å². The van der Waals surface area contributed by atoms with Crippen LogP contribution in [0.4, 0.5) is 0 Å². The van der Waals surface area contributed by atoms with Gasteiger partial charge in [0.2, 0.25) is 5.91 Å². The Kier molecular flexibility index (Phi) is 2.36. The number of carbonyl (C=O) groups is 1. The van der Waals surface area contributed by atoms with Gasteiger partial charge in [0.05, 0.1) is 12.6 Å². The first-order chi connectivity index (χ1) is 7.84. The number of nitrogens with one attached hydrogen (secondary N) is 1. The molecule has 1 saturated heterocycles. The Labute approximate surface area is 93.6 Å². The van der Waals surface area contributed by atoms with Crippen molar-refractivity contribution in [3.05, 3.63) is 12.2 Å². The van der Waals surface area contributed by atoms with Crippen molar-refractivity contribution >= 4 is 5.91 Å². The highest BCUT2D eigenvalue weighted by atomic mass is 16.2. The third-order valence-corrected chi connectivity index (χ3v) is 3.31. The lowest BCUT2D eigenvalue weighted by atomic mass is 10.2. The van der Waals surface area contributed by atoms with E-state index in [2.05, 4.69) is 15.5 Å². The molecule has 0 saturated carbocycles. The van der Waals surface area contributed by atoms with Crippen LogP contribution in [-0.4, -0.2) is 44.7 Å². The van der Waals surface area contributed by atoms with Gasteiger partial charge in [-0.15, -0.1) is 10.2 Å². The maximum Gasteiger partial charge on any atom is 0.240 e. The average Bonchev–Trinajstić information content (AvgIpc) is 2.98. The molecule has 0 aromatic carbocycles. The normalized spacial score (nSPS) is 24.5. The van der Waals surface area contributed by atoms with Crippen LogP contribution in [0.5, 0.6) is 0 Å². The van der Waals surface area contributed by atoms with Crippen LogP contribution < -0.4 is 5.32 Å². The molecule has 86 valence electrons. The molecule has 1 N–H and O–H groups in total. The van der Waals surface area contributed by atoms with Crippen molar-refractivity contribution in [2.45, 2.75) is 32.0 Å². The quantitative estimate of drug-likeness (QED) is 0.686. The molecule has 2 aliphatic heterocycles. The second-order valence-corrected chi connectivity index (χ2v) is 4.35. The van der Waals surface area contributed by atoms with E-state index < -0.39 is 0 Å². The van der Waals surface area contributed by atoms with Gasteiger partial charge in [0.15, 0.2) is 5.82 Å². The van der Waals surface area contributed by atoms with Crippen molar-refractivity contribution in [2.75, 3.05) is 13.1 Å². The Balaban J connectivity index is 1.71. The van der Waals surface area contributed by atoms with Crippen molar-refractivity contribution in [2.24, 2.45) is 0 Å². The van der Waals surface area contributed by atoms with Crippen LogP contribution in [0.2, 0.25) is 0 Å². The van der Waals surface area contributed by atoms with Gasteiger partial charge >= 0.3 is 0 Å². The number of aromatic nitrogens is 3. The Morgan fingerprint density at radius 1 is 1.50 bits per heavy atom. The Hall–Kier alpha value is -1.43. The highest BCUT2D eigenvalue weighted by Gasteiger charge is 2.29. The van der Waals surface area contributed by atoms with E-state index in [1.807, 2.05) is 9.47 Å². The van der Waals surface area contributed by atoms with Gasteiger partial charge in [0.25, 0.3) is 0 Å². The monoisotopic (exact) mass is 221 g/mol. The standard InChI is InChI=1S/C10H15N5O/c16-10(8-2-1-3-11-8)14-4-5-15-7-12-13-9(15)6-14/h7-8,11H,1-6H2. The van der Waals surface area contributed by atoms with E-state index in [-0.39, 0.29) is 11.9 Å². The third kappa shape index (κ3) is 1.59. The molecule has 0 radical (unpaired) electrons. The van der Waals surface area contributed by atoms with Crippen LogP contribution in [0.15, 0.2) is 6.33 Å². The number of hydrogen-bond acceptors (Lipinski definition) is 4. The number of fused-ring (bicyclic) bond motifs is 1. The van der Waals surface area contributed by atoms with E-state index in [1.54, 1.807) is 6.33 Å². The zero-order valence-electron chi connectivity index (χ0n) is 9.09. The Morgan fingerprint density at radius 2 is 2.44 bits per heavy atom. The van der Waals surface area contributed by atoms with Gasteiger partial charge in [-0.25, -0.2) is 0 Å². The molecule has 0 spiro atoms. The van der Waals surface area contributed by atoms with Crippen LogP contribution >= 0.6 is 0 Å². The highest BCUT2D eigenvalue weighted by Crippen LogP contribution is 2.14. The fourth-order valence-electron chi connectivity index (χ4n) is 2.37. The first kappa shape index (κ1) is 9.77. The molecule has 1 aromatic heterocycles. The molecule has 6 heteroatoms. The van der Waals surface area contributed by atoms with Crippen molar-refractivity contribution in [1.82, 2.24) is 25.0 Å². The van der Waals surface area contributed by atoms with E-state index in [0.29, 0.717) is 6.54 Å². The van der Waals surface area contributed by atoms with Crippen LogP contribution in [0.25, 0.3) is 0 Å². The van der Waals surface area contributed by atoms with Gasteiger partial charge in [0.1, 0.15) is 6.33 Å². The summed E-state index contributed by atoms with van der Waals surface area (Å²) in [6.45, 7) is 3.13. The Bertz CT molecular complexity index is 396. The molecule has 1 aromatic rings. The summed E-state index contributed by atoms with van der Waals surface area (Å²) in [5.41, 5.74) is 0. The smallest absolute Gasteiger partial charge is 0.240 e. The van der Waals surface area contributed by atoms with E-state index in [9.17, 15) is 4.79 Å². The van der Waals surface area contributed by atoms with Gasteiger partial charge in [-0.05, 0) is 19.4 Å². The first-order valence-corrected chi connectivity index (χ1v) is 5.73. The van der Waals surface area contributed by atoms with Gasteiger partial charge in [-0.1, -0.05) is 0 Å². The number of carbonyl (C=O) groups excluding carboxylic acids is 1. The topological polar surface area (TPSA) is 63.1 Å². The summed E-state index contributed by atoms with van der Waals surface area (Å²) in [4.78, 5) is 14.0. The second kappa shape index (κ2) is 3.86. The van der Waals surface area contributed by atoms with Crippen LogP contribution in [0.3, 0.4) is 0 Å². The first-order valence-electron chi connectivity index (χ1n) is 5.73. The van der Waals surface area contributed by atoms with Crippen molar-refractivity contribution in [3.63, 3.8) is 0 Å². The molecule has 3 heterocycles. The van der Waals surface area contributed by atoms with E-state index >= 15 is 0 Å². The minimum atomic E-state index is 0.0227. The maximum absolute atomic E-state index is 12.1. The lowest BCUT2D eigenvalue weighted by molar-refractivity contribution is -0.134. The van der Waals surface area contributed by atoms with E-state index in [0.717, 1.165) is 38.3 Å². The van der Waals surface area contributed by atoms with Crippen molar-refractivity contribution in [3.8, 4) is 0 Å². The summed E-state index contributed by atoms with van der Waals surface area (Å²) in [5.74, 6) is 1.10. The van der Waals surface area contributed by atoms with E-state index in [4.69, 9.17) is 0 Å². The largest absolute Gasteiger partial charge is 0.332 e. The average molecular weight is 221 g/mol. The lowest BCUT2D eigenvalue weighted by Crippen LogP contribution is -2.46. The molecule has 2 aliphatic rings. The summed E-state index contributed by atoms with van der Waals surface area (Å²) in [6.07, 6.45) is 3.79. The predicted octanol–water partition coefficient (Wildman–Crippen LogP) is -0.628. The van der Waals surface area contributed by atoms with Gasteiger partial charge in [0, 0.05) is 13.1 Å². The minimum Gasteiger partial charge on any atom is -0.332 e. The second-order valence-electron chi connectivity index (χ2n) is 4.35.